The summed E-state index contributed by atoms with van der Waals surface area (Å²) < 4.78 is 2.21. The van der Waals surface area contributed by atoms with Crippen LogP contribution in [-0.2, 0) is 0 Å². The Bertz CT molecular complexity index is 478. The first-order chi connectivity index (χ1) is 6.20. The van der Waals surface area contributed by atoms with E-state index in [-0.39, 0.29) is 5.56 Å². The number of aromatic carboxylic acids is 1. The maximum Gasteiger partial charge on any atom is 0.337 e. The van der Waals surface area contributed by atoms with E-state index in [1.165, 1.54) is 4.52 Å². The summed E-state index contributed by atoms with van der Waals surface area (Å²) in [7, 11) is 0. The summed E-state index contributed by atoms with van der Waals surface area (Å²) in [6, 6.07) is 3.19. The number of pyridine rings is 1. The van der Waals surface area contributed by atoms with Gasteiger partial charge in [-0.1, -0.05) is 0 Å². The first-order valence-corrected chi connectivity index (χ1v) is 4.34. The van der Waals surface area contributed by atoms with Crippen molar-refractivity contribution < 1.29 is 9.90 Å². The third-order valence-corrected chi connectivity index (χ3v) is 2.31. The average molecular weight is 241 g/mol. The molecule has 13 heavy (non-hydrogen) atoms. The first kappa shape index (κ1) is 8.25. The van der Waals surface area contributed by atoms with Crippen molar-refractivity contribution in [1.82, 2.24) is 9.61 Å². The van der Waals surface area contributed by atoms with E-state index in [4.69, 9.17) is 5.11 Å². The van der Waals surface area contributed by atoms with Gasteiger partial charge in [-0.05, 0) is 28.1 Å². The second-order valence-corrected chi connectivity index (χ2v) is 3.37. The van der Waals surface area contributed by atoms with Crippen LogP contribution in [-0.4, -0.2) is 20.7 Å². The number of hydrogen-bond acceptors (Lipinski definition) is 2. The fourth-order valence-corrected chi connectivity index (χ4v) is 1.67. The van der Waals surface area contributed by atoms with Crippen LogP contribution in [0.25, 0.3) is 5.52 Å². The van der Waals surface area contributed by atoms with E-state index in [0.717, 1.165) is 0 Å². The molecule has 66 valence electrons. The number of hydrogen-bond donors (Lipinski definition) is 1. The lowest BCUT2D eigenvalue weighted by atomic mass is 10.2. The minimum Gasteiger partial charge on any atom is -0.478 e. The van der Waals surface area contributed by atoms with E-state index in [9.17, 15) is 4.79 Å². The molecule has 0 atom stereocenters. The van der Waals surface area contributed by atoms with Crippen LogP contribution in [0.5, 0.6) is 0 Å². The second kappa shape index (κ2) is 2.85. The molecule has 1 N–H and O–H groups in total. The lowest BCUT2D eigenvalue weighted by Crippen LogP contribution is -2.00. The van der Waals surface area contributed by atoms with Crippen LogP contribution in [0.4, 0.5) is 0 Å². The Morgan fingerprint density at radius 2 is 2.38 bits per heavy atom. The number of halogens is 1. The summed E-state index contributed by atoms with van der Waals surface area (Å²) >= 11 is 3.24. The topological polar surface area (TPSA) is 54.6 Å². The second-order valence-electron chi connectivity index (χ2n) is 2.51. The number of carboxylic acid groups (broad SMARTS) is 1. The van der Waals surface area contributed by atoms with Gasteiger partial charge in [-0.15, -0.1) is 0 Å². The SMILES string of the molecule is O=C(O)c1cccn2ncc(Br)c12. The van der Waals surface area contributed by atoms with Crippen molar-refractivity contribution in [3.05, 3.63) is 34.6 Å². The molecule has 0 fully saturated rings. The molecule has 2 heterocycles. The van der Waals surface area contributed by atoms with Gasteiger partial charge in [0.05, 0.1) is 21.7 Å². The quantitative estimate of drug-likeness (QED) is 0.828. The van der Waals surface area contributed by atoms with Crippen LogP contribution in [0.15, 0.2) is 29.0 Å². The number of aromatic nitrogens is 2. The number of carbonyl (C=O) groups is 1. The summed E-state index contributed by atoms with van der Waals surface area (Å²) in [4.78, 5) is 10.8. The molecule has 0 radical (unpaired) electrons. The third kappa shape index (κ3) is 1.21. The zero-order chi connectivity index (χ0) is 9.42. The van der Waals surface area contributed by atoms with Gasteiger partial charge in [0, 0.05) is 6.20 Å². The van der Waals surface area contributed by atoms with Gasteiger partial charge in [-0.2, -0.15) is 5.10 Å². The standard InChI is InChI=1S/C8H5BrN2O2/c9-6-4-10-11-3-1-2-5(7(6)11)8(12)13/h1-4H,(H,12,13). The lowest BCUT2D eigenvalue weighted by molar-refractivity contribution is 0.0698. The van der Waals surface area contributed by atoms with Crippen molar-refractivity contribution in [3.63, 3.8) is 0 Å². The summed E-state index contributed by atoms with van der Waals surface area (Å²) in [6.45, 7) is 0. The summed E-state index contributed by atoms with van der Waals surface area (Å²) in [6.07, 6.45) is 3.27. The molecule has 0 aliphatic rings. The smallest absolute Gasteiger partial charge is 0.337 e. The number of nitrogens with zero attached hydrogens (tertiary/aromatic N) is 2. The van der Waals surface area contributed by atoms with Crippen molar-refractivity contribution in [1.29, 1.82) is 0 Å². The molecule has 0 saturated carbocycles. The zero-order valence-electron chi connectivity index (χ0n) is 6.44. The molecule has 0 aliphatic carbocycles. The van der Waals surface area contributed by atoms with Gasteiger partial charge < -0.3 is 5.11 Å². The van der Waals surface area contributed by atoms with Gasteiger partial charge in [0.15, 0.2) is 0 Å². The third-order valence-electron chi connectivity index (χ3n) is 1.73. The van der Waals surface area contributed by atoms with E-state index < -0.39 is 5.97 Å². The normalized spacial score (nSPS) is 10.5. The first-order valence-electron chi connectivity index (χ1n) is 3.55. The molecule has 0 aliphatic heterocycles. The number of fused-ring (bicyclic) bond motifs is 1. The zero-order valence-corrected chi connectivity index (χ0v) is 8.02. The fraction of sp³-hybridized carbons (Fsp3) is 0. The predicted molar refractivity (Wildman–Crippen MR) is 49.9 cm³/mol. The van der Waals surface area contributed by atoms with Gasteiger partial charge in [-0.25, -0.2) is 9.31 Å². The van der Waals surface area contributed by atoms with Gasteiger partial charge in [0.2, 0.25) is 0 Å². The fourth-order valence-electron chi connectivity index (χ4n) is 1.18. The van der Waals surface area contributed by atoms with Gasteiger partial charge in [0.1, 0.15) is 0 Å². The van der Waals surface area contributed by atoms with Crippen LogP contribution in [0, 0.1) is 0 Å². The molecule has 0 unspecified atom stereocenters. The van der Waals surface area contributed by atoms with Crippen LogP contribution in [0.3, 0.4) is 0 Å². The minimum atomic E-state index is -0.952. The molecule has 0 amide bonds. The Balaban J connectivity index is 2.88. The number of rotatable bonds is 1. The largest absolute Gasteiger partial charge is 0.478 e. The van der Waals surface area contributed by atoms with Crippen molar-refractivity contribution >= 4 is 27.4 Å². The molecule has 5 heteroatoms. The van der Waals surface area contributed by atoms with Crippen molar-refractivity contribution in [2.75, 3.05) is 0 Å². The predicted octanol–water partition coefficient (Wildman–Crippen LogP) is 1.79. The Labute approximate surface area is 81.9 Å². The summed E-state index contributed by atoms with van der Waals surface area (Å²) in [5.41, 5.74) is 0.821. The molecule has 2 aromatic rings. The average Bonchev–Trinajstić information content (AvgIpc) is 2.48. The maximum atomic E-state index is 10.8. The highest BCUT2D eigenvalue weighted by Gasteiger charge is 2.11. The molecule has 0 saturated heterocycles. The van der Waals surface area contributed by atoms with Crippen LogP contribution < -0.4 is 0 Å². The van der Waals surface area contributed by atoms with Crippen molar-refractivity contribution in [3.8, 4) is 0 Å². The Morgan fingerprint density at radius 3 is 3.08 bits per heavy atom. The van der Waals surface area contributed by atoms with Crippen LogP contribution in [0.2, 0.25) is 0 Å². The van der Waals surface area contributed by atoms with E-state index in [1.54, 1.807) is 24.5 Å². The highest BCUT2D eigenvalue weighted by Crippen LogP contribution is 2.20. The van der Waals surface area contributed by atoms with Gasteiger partial charge in [0.25, 0.3) is 0 Å². The Morgan fingerprint density at radius 1 is 1.62 bits per heavy atom. The summed E-state index contributed by atoms with van der Waals surface area (Å²) in [5, 5.41) is 12.8. The molecular weight excluding hydrogens is 236 g/mol. The minimum absolute atomic E-state index is 0.242. The molecule has 2 rings (SSSR count). The molecule has 0 aromatic carbocycles. The highest BCUT2D eigenvalue weighted by molar-refractivity contribution is 9.10. The van der Waals surface area contributed by atoms with E-state index in [1.807, 2.05) is 0 Å². The molecular formula is C8H5BrN2O2. The van der Waals surface area contributed by atoms with Crippen LogP contribution >= 0.6 is 15.9 Å². The molecule has 0 bridgehead atoms. The van der Waals surface area contributed by atoms with Gasteiger partial charge in [-0.3, -0.25) is 0 Å². The van der Waals surface area contributed by atoms with Crippen LogP contribution in [0.1, 0.15) is 10.4 Å². The van der Waals surface area contributed by atoms with E-state index in [2.05, 4.69) is 21.0 Å². The molecule has 2 aromatic heterocycles. The summed E-state index contributed by atoms with van der Waals surface area (Å²) in [5.74, 6) is -0.952. The highest BCUT2D eigenvalue weighted by atomic mass is 79.9. The Kier molecular flexibility index (Phi) is 1.81. The van der Waals surface area contributed by atoms with E-state index >= 15 is 0 Å². The maximum absolute atomic E-state index is 10.8. The van der Waals surface area contributed by atoms with E-state index in [0.29, 0.717) is 9.99 Å². The number of carboxylic acids is 1. The molecule has 4 nitrogen and oxygen atoms in total. The Hall–Kier alpha value is -1.36. The van der Waals surface area contributed by atoms with Crippen molar-refractivity contribution in [2.45, 2.75) is 0 Å². The monoisotopic (exact) mass is 240 g/mol. The lowest BCUT2D eigenvalue weighted by Gasteiger charge is -1.97. The van der Waals surface area contributed by atoms with Gasteiger partial charge >= 0.3 is 5.97 Å². The molecule has 0 spiro atoms. The van der Waals surface area contributed by atoms with Crippen molar-refractivity contribution in [2.24, 2.45) is 0 Å².